The normalized spacial score (nSPS) is 25.2. The molecule has 0 radical (unpaired) electrons. The lowest BCUT2D eigenvalue weighted by Crippen LogP contribution is -2.32. The van der Waals surface area contributed by atoms with Crippen molar-refractivity contribution in [3.05, 3.63) is 0 Å². The Bertz CT molecular complexity index is 189. The van der Waals surface area contributed by atoms with E-state index >= 15 is 0 Å². The molecule has 0 saturated carbocycles. The summed E-state index contributed by atoms with van der Waals surface area (Å²) in [6.45, 7) is 7.33. The molecule has 1 atom stereocenters. The molecule has 0 unspecified atom stereocenters. The summed E-state index contributed by atoms with van der Waals surface area (Å²) < 4.78 is 5.95. The molecule has 1 heterocycles. The van der Waals surface area contributed by atoms with Gasteiger partial charge in [0.15, 0.2) is 8.32 Å². The molecule has 0 aliphatic carbocycles. The highest BCUT2D eigenvalue weighted by molar-refractivity contribution is 6.69. The number of rotatable bonds is 2. The zero-order chi connectivity index (χ0) is 9.90. The molecule has 76 valence electrons. The van der Waals surface area contributed by atoms with Gasteiger partial charge in [-0.1, -0.05) is 0 Å². The summed E-state index contributed by atoms with van der Waals surface area (Å²) in [5.74, 6) is 0.168. The first-order chi connectivity index (χ1) is 5.97. The molecular weight excluding hydrogens is 182 g/mol. The van der Waals surface area contributed by atoms with Crippen LogP contribution in [0, 0.1) is 0 Å². The van der Waals surface area contributed by atoms with Crippen molar-refractivity contribution >= 4 is 14.2 Å². The predicted molar refractivity (Wildman–Crippen MR) is 55.1 cm³/mol. The van der Waals surface area contributed by atoms with Gasteiger partial charge in [0, 0.05) is 19.1 Å². The van der Waals surface area contributed by atoms with Crippen LogP contribution in [0.5, 0.6) is 0 Å². The molecule has 1 fully saturated rings. The van der Waals surface area contributed by atoms with Crippen LogP contribution in [0.25, 0.3) is 0 Å². The lowest BCUT2D eigenvalue weighted by molar-refractivity contribution is -0.120. The van der Waals surface area contributed by atoms with Crippen molar-refractivity contribution in [1.29, 1.82) is 0 Å². The molecule has 1 N–H and O–H groups in total. The molecule has 0 aromatic heterocycles. The van der Waals surface area contributed by atoms with Crippen LogP contribution in [0.1, 0.15) is 19.3 Å². The van der Waals surface area contributed by atoms with E-state index in [9.17, 15) is 4.79 Å². The third-order valence-electron chi connectivity index (χ3n) is 2.00. The van der Waals surface area contributed by atoms with Gasteiger partial charge < -0.3 is 9.74 Å². The topological polar surface area (TPSA) is 38.3 Å². The Morgan fingerprint density at radius 1 is 1.38 bits per heavy atom. The summed E-state index contributed by atoms with van der Waals surface area (Å²) in [4.78, 5) is 11.0. The molecule has 1 aliphatic heterocycles. The van der Waals surface area contributed by atoms with Gasteiger partial charge in [-0.05, 0) is 32.5 Å². The van der Waals surface area contributed by atoms with Crippen molar-refractivity contribution in [3.63, 3.8) is 0 Å². The molecule has 1 aliphatic rings. The van der Waals surface area contributed by atoms with E-state index in [2.05, 4.69) is 25.0 Å². The highest BCUT2D eigenvalue weighted by Crippen LogP contribution is 2.15. The summed E-state index contributed by atoms with van der Waals surface area (Å²) in [6.07, 6.45) is 2.77. The molecule has 1 saturated heterocycles. The first-order valence-corrected chi connectivity index (χ1v) is 8.33. The van der Waals surface area contributed by atoms with E-state index in [1.165, 1.54) is 0 Å². The van der Waals surface area contributed by atoms with Crippen LogP contribution in [-0.4, -0.2) is 26.9 Å². The van der Waals surface area contributed by atoms with Gasteiger partial charge in [0.1, 0.15) is 0 Å². The minimum absolute atomic E-state index is 0.168. The summed E-state index contributed by atoms with van der Waals surface area (Å²) in [6, 6.07) is 0. The summed E-state index contributed by atoms with van der Waals surface area (Å²) in [5, 5.41) is 2.86. The first kappa shape index (κ1) is 10.7. The number of hydrogen-bond donors (Lipinski definition) is 1. The van der Waals surface area contributed by atoms with Gasteiger partial charge >= 0.3 is 0 Å². The molecule has 1 amide bonds. The quantitative estimate of drug-likeness (QED) is 0.688. The summed E-state index contributed by atoms with van der Waals surface area (Å²) in [7, 11) is -1.43. The fourth-order valence-electron chi connectivity index (χ4n) is 1.52. The molecule has 13 heavy (non-hydrogen) atoms. The average Bonchev–Trinajstić information content (AvgIpc) is 2.12. The zero-order valence-corrected chi connectivity index (χ0v) is 9.72. The number of carbonyl (C=O) groups is 1. The average molecular weight is 201 g/mol. The van der Waals surface area contributed by atoms with Crippen molar-refractivity contribution in [2.75, 3.05) is 6.54 Å². The van der Waals surface area contributed by atoms with Crippen molar-refractivity contribution < 1.29 is 9.22 Å². The van der Waals surface area contributed by atoms with Crippen LogP contribution >= 0.6 is 0 Å². The van der Waals surface area contributed by atoms with E-state index in [0.717, 1.165) is 19.4 Å². The third kappa shape index (κ3) is 4.43. The summed E-state index contributed by atoms with van der Waals surface area (Å²) >= 11 is 0. The maximum atomic E-state index is 11.0. The highest BCUT2D eigenvalue weighted by Gasteiger charge is 2.23. The Morgan fingerprint density at radius 2 is 2.08 bits per heavy atom. The van der Waals surface area contributed by atoms with Gasteiger partial charge in [-0.3, -0.25) is 4.79 Å². The number of nitrogens with one attached hydrogen (secondary N) is 1. The van der Waals surface area contributed by atoms with Crippen LogP contribution in [0.3, 0.4) is 0 Å². The van der Waals surface area contributed by atoms with Gasteiger partial charge in [0.25, 0.3) is 0 Å². The second-order valence-corrected chi connectivity index (χ2v) is 8.99. The van der Waals surface area contributed by atoms with Gasteiger partial charge in [0.05, 0.1) is 0 Å². The van der Waals surface area contributed by atoms with Crippen LogP contribution in [-0.2, 0) is 9.22 Å². The van der Waals surface area contributed by atoms with E-state index in [-0.39, 0.29) is 5.91 Å². The third-order valence-corrected chi connectivity index (χ3v) is 3.04. The van der Waals surface area contributed by atoms with Crippen LogP contribution in [0.2, 0.25) is 19.6 Å². The number of hydrogen-bond acceptors (Lipinski definition) is 2. The van der Waals surface area contributed by atoms with Gasteiger partial charge in [-0.15, -0.1) is 0 Å². The molecule has 0 aromatic carbocycles. The monoisotopic (exact) mass is 201 g/mol. The zero-order valence-electron chi connectivity index (χ0n) is 8.72. The Hall–Kier alpha value is -0.353. The van der Waals surface area contributed by atoms with E-state index in [4.69, 9.17) is 4.43 Å². The molecule has 3 nitrogen and oxygen atoms in total. The van der Waals surface area contributed by atoms with E-state index < -0.39 is 8.32 Å². The number of carbonyl (C=O) groups excluding carboxylic acids is 1. The lowest BCUT2D eigenvalue weighted by Gasteiger charge is -2.24. The predicted octanol–water partition coefficient (Wildman–Crippen LogP) is 1.51. The maximum Gasteiger partial charge on any atom is 0.220 e. The smallest absolute Gasteiger partial charge is 0.220 e. The molecule has 0 aromatic rings. The number of amides is 1. The van der Waals surface area contributed by atoms with Crippen molar-refractivity contribution in [2.45, 2.75) is 45.0 Å². The first-order valence-electron chi connectivity index (χ1n) is 4.92. The largest absolute Gasteiger partial charge is 0.415 e. The Kier molecular flexibility index (Phi) is 3.50. The van der Waals surface area contributed by atoms with Crippen molar-refractivity contribution in [2.24, 2.45) is 0 Å². The second kappa shape index (κ2) is 4.24. The molecule has 4 heteroatoms. The molecule has 0 spiro atoms. The fourth-order valence-corrected chi connectivity index (χ4v) is 2.75. The minimum Gasteiger partial charge on any atom is -0.415 e. The molecule has 1 rings (SSSR count). The fraction of sp³-hybridized carbons (Fsp3) is 0.889. The Labute approximate surface area is 81.0 Å². The van der Waals surface area contributed by atoms with Gasteiger partial charge in [-0.2, -0.15) is 0 Å². The van der Waals surface area contributed by atoms with Crippen molar-refractivity contribution in [3.8, 4) is 0 Å². The summed E-state index contributed by atoms with van der Waals surface area (Å²) in [5.41, 5.74) is 0. The minimum atomic E-state index is -1.43. The van der Waals surface area contributed by atoms with Crippen LogP contribution in [0.15, 0.2) is 0 Å². The van der Waals surface area contributed by atoms with E-state index in [0.29, 0.717) is 12.5 Å². The maximum absolute atomic E-state index is 11.0. The Morgan fingerprint density at radius 3 is 2.69 bits per heavy atom. The van der Waals surface area contributed by atoms with E-state index in [1.54, 1.807) is 0 Å². The van der Waals surface area contributed by atoms with Gasteiger partial charge in [-0.25, -0.2) is 0 Å². The molecular formula is C9H19NO2Si. The SMILES string of the molecule is C[Si](C)(C)O[C@@H]1CCNC(=O)CC1. The Balaban J connectivity index is 2.38. The van der Waals surface area contributed by atoms with Crippen LogP contribution in [0.4, 0.5) is 0 Å². The lowest BCUT2D eigenvalue weighted by atomic mass is 10.2. The van der Waals surface area contributed by atoms with E-state index in [1.807, 2.05) is 0 Å². The second-order valence-electron chi connectivity index (χ2n) is 4.53. The molecule has 0 bridgehead atoms. The van der Waals surface area contributed by atoms with Gasteiger partial charge in [0.2, 0.25) is 5.91 Å². The van der Waals surface area contributed by atoms with Crippen LogP contribution < -0.4 is 5.32 Å². The van der Waals surface area contributed by atoms with Crippen molar-refractivity contribution in [1.82, 2.24) is 5.32 Å². The standard InChI is InChI=1S/C9H19NO2Si/c1-13(2,3)12-8-4-5-9(11)10-7-6-8/h8H,4-7H2,1-3H3,(H,10,11)/t8-/m0/s1. The highest BCUT2D eigenvalue weighted by atomic mass is 28.4.